The van der Waals surface area contributed by atoms with Crippen molar-refractivity contribution in [3.8, 4) is 0 Å². The number of hydrogen-bond donors (Lipinski definition) is 1. The van der Waals surface area contributed by atoms with Crippen molar-refractivity contribution in [2.24, 2.45) is 0 Å². The molecule has 0 aromatic heterocycles. The largest absolute Gasteiger partial charge is 0.396 e. The average molecular weight is 452 g/mol. The summed E-state index contributed by atoms with van der Waals surface area (Å²) >= 11 is 0. The van der Waals surface area contributed by atoms with Crippen LogP contribution in [0.25, 0.3) is 0 Å². The topological polar surface area (TPSA) is 20.2 Å². The van der Waals surface area contributed by atoms with E-state index in [0.29, 0.717) is 6.61 Å². The third-order valence-corrected chi connectivity index (χ3v) is 7.16. The van der Waals surface area contributed by atoms with Gasteiger partial charge in [0.25, 0.3) is 0 Å². The quantitative estimate of drug-likeness (QED) is 0.112. The zero-order chi connectivity index (χ0) is 23.2. The molecule has 0 rings (SSSR count). The number of aliphatic hydroxyl groups excluding tert-OH is 1. The summed E-state index contributed by atoms with van der Waals surface area (Å²) in [5.41, 5.74) is 0. The van der Waals surface area contributed by atoms with Crippen LogP contribution >= 0.6 is 0 Å². The molecule has 0 unspecified atom stereocenters. The van der Waals surface area contributed by atoms with Crippen LogP contribution in [0.5, 0.6) is 0 Å². The average Bonchev–Trinajstić information content (AvgIpc) is 2.81. The summed E-state index contributed by atoms with van der Waals surface area (Å²) in [6, 6.07) is 0. The van der Waals surface area contributed by atoms with Crippen LogP contribution in [0.1, 0.15) is 186 Å². The lowest BCUT2D eigenvalue weighted by atomic mass is 10.0. The molecule has 0 aromatic rings. The van der Waals surface area contributed by atoms with Crippen molar-refractivity contribution in [3.05, 3.63) is 6.92 Å². The molecule has 1 N–H and O–H groups in total. The van der Waals surface area contributed by atoms with Gasteiger partial charge in [-0.15, -0.1) is 0 Å². The number of hydrogen-bond acceptors (Lipinski definition) is 1. The van der Waals surface area contributed by atoms with Gasteiger partial charge in [0.1, 0.15) is 0 Å². The van der Waals surface area contributed by atoms with Crippen molar-refractivity contribution >= 4 is 0 Å². The fourth-order valence-electron chi connectivity index (χ4n) is 4.88. The van der Waals surface area contributed by atoms with Gasteiger partial charge in [0.05, 0.1) is 0 Å². The first-order valence-electron chi connectivity index (χ1n) is 15.3. The van der Waals surface area contributed by atoms with Crippen molar-refractivity contribution < 1.29 is 5.11 Å². The summed E-state index contributed by atoms with van der Waals surface area (Å²) in [5.74, 6) is 0. The lowest BCUT2D eigenvalue weighted by molar-refractivity contribution is 0.282. The lowest BCUT2D eigenvalue weighted by Gasteiger charge is -2.04. The minimum Gasteiger partial charge on any atom is -0.396 e. The van der Waals surface area contributed by atoms with Crippen LogP contribution in [-0.2, 0) is 0 Å². The van der Waals surface area contributed by atoms with Crippen LogP contribution in [0.15, 0.2) is 0 Å². The maximum atomic E-state index is 8.76. The molecule has 0 heterocycles. The molecule has 0 aliphatic heterocycles. The molecule has 193 valence electrons. The van der Waals surface area contributed by atoms with Gasteiger partial charge in [-0.2, -0.15) is 0 Å². The molecule has 0 spiro atoms. The summed E-state index contributed by atoms with van der Waals surface area (Å²) in [6.45, 7) is 4.29. The predicted octanol–water partition coefficient (Wildman–Crippen LogP) is 11.1. The zero-order valence-corrected chi connectivity index (χ0v) is 22.4. The van der Waals surface area contributed by atoms with Gasteiger partial charge in [0.2, 0.25) is 0 Å². The van der Waals surface area contributed by atoms with Crippen molar-refractivity contribution in [1.82, 2.24) is 0 Å². The second-order valence-electron chi connectivity index (χ2n) is 10.5. The Kier molecular flexibility index (Phi) is 30.9. The van der Waals surface area contributed by atoms with E-state index < -0.39 is 0 Å². The molecular formula is C31H63O. The van der Waals surface area contributed by atoms with Gasteiger partial charge in [0, 0.05) is 6.61 Å². The van der Waals surface area contributed by atoms with Gasteiger partial charge in [-0.1, -0.05) is 187 Å². The second-order valence-corrected chi connectivity index (χ2v) is 10.5. The van der Waals surface area contributed by atoms with E-state index in [4.69, 9.17) is 5.11 Å². The van der Waals surface area contributed by atoms with Gasteiger partial charge in [-0.25, -0.2) is 0 Å². The van der Waals surface area contributed by atoms with E-state index >= 15 is 0 Å². The molecule has 1 heteroatoms. The van der Waals surface area contributed by atoms with Crippen LogP contribution in [0.3, 0.4) is 0 Å². The van der Waals surface area contributed by atoms with Crippen LogP contribution in [0, 0.1) is 6.92 Å². The van der Waals surface area contributed by atoms with Gasteiger partial charge in [0.15, 0.2) is 0 Å². The number of unbranched alkanes of at least 4 members (excludes halogenated alkanes) is 28. The molecule has 0 aromatic carbocycles. The highest BCUT2D eigenvalue weighted by Gasteiger charge is 1.96. The molecular weight excluding hydrogens is 388 g/mol. The van der Waals surface area contributed by atoms with Crippen LogP contribution in [0.2, 0.25) is 0 Å². The molecule has 0 saturated carbocycles. The second kappa shape index (κ2) is 31.0. The first-order valence-corrected chi connectivity index (χ1v) is 15.3. The van der Waals surface area contributed by atoms with E-state index in [1.165, 1.54) is 173 Å². The normalized spacial score (nSPS) is 11.4. The van der Waals surface area contributed by atoms with E-state index in [2.05, 4.69) is 6.92 Å². The van der Waals surface area contributed by atoms with E-state index in [1.54, 1.807) is 0 Å². The van der Waals surface area contributed by atoms with E-state index in [1.807, 2.05) is 0 Å². The van der Waals surface area contributed by atoms with Crippen molar-refractivity contribution in [3.63, 3.8) is 0 Å². The Morgan fingerprint density at radius 1 is 0.250 bits per heavy atom. The number of rotatable bonds is 29. The SMILES string of the molecule is [CH2]CCCCCCCCCCCCCCCCCCCCCCCCCCCCCCO. The molecule has 0 atom stereocenters. The Morgan fingerprint density at radius 2 is 0.406 bits per heavy atom. The molecule has 1 nitrogen and oxygen atoms in total. The van der Waals surface area contributed by atoms with Gasteiger partial charge in [-0.3, -0.25) is 0 Å². The minimum atomic E-state index is 0.373. The fraction of sp³-hybridized carbons (Fsp3) is 0.968. The number of aliphatic hydroxyl groups is 1. The Bertz CT molecular complexity index is 271. The standard InChI is InChI=1S/C31H63O/c1-2-3-4-5-6-7-8-9-10-11-12-13-14-15-16-17-18-19-20-21-22-23-24-25-26-27-28-29-30-31-32/h32H,1-31H2. The molecule has 0 amide bonds. The summed E-state index contributed by atoms with van der Waals surface area (Å²) in [7, 11) is 0. The van der Waals surface area contributed by atoms with Gasteiger partial charge >= 0.3 is 0 Å². The molecule has 0 aliphatic rings. The monoisotopic (exact) mass is 451 g/mol. The maximum absolute atomic E-state index is 8.76. The molecule has 0 fully saturated rings. The molecule has 0 saturated heterocycles. The van der Waals surface area contributed by atoms with Crippen LogP contribution < -0.4 is 0 Å². The van der Waals surface area contributed by atoms with Crippen molar-refractivity contribution in [1.29, 1.82) is 0 Å². The summed E-state index contributed by atoms with van der Waals surface area (Å²) < 4.78 is 0. The van der Waals surface area contributed by atoms with E-state index in [0.717, 1.165) is 12.8 Å². The Labute approximate surface area is 204 Å². The summed E-state index contributed by atoms with van der Waals surface area (Å²) in [4.78, 5) is 0. The van der Waals surface area contributed by atoms with Crippen LogP contribution in [0.4, 0.5) is 0 Å². The lowest BCUT2D eigenvalue weighted by Crippen LogP contribution is -1.85. The van der Waals surface area contributed by atoms with Gasteiger partial charge < -0.3 is 5.11 Å². The Hall–Kier alpha value is -0.0400. The molecule has 1 radical (unpaired) electrons. The smallest absolute Gasteiger partial charge is 0.0431 e. The highest BCUT2D eigenvalue weighted by molar-refractivity contribution is 4.52. The van der Waals surface area contributed by atoms with Gasteiger partial charge in [-0.05, 0) is 6.42 Å². The first-order chi connectivity index (χ1) is 15.9. The minimum absolute atomic E-state index is 0.373. The first kappa shape index (κ1) is 32.0. The Balaban J connectivity index is 2.98. The third kappa shape index (κ3) is 30.0. The summed E-state index contributed by atoms with van der Waals surface area (Å²) in [5, 5.41) is 8.76. The molecule has 0 aliphatic carbocycles. The highest BCUT2D eigenvalue weighted by atomic mass is 16.2. The summed E-state index contributed by atoms with van der Waals surface area (Å²) in [6.07, 6.45) is 40.9. The Morgan fingerprint density at radius 3 is 0.562 bits per heavy atom. The van der Waals surface area contributed by atoms with E-state index in [9.17, 15) is 0 Å². The predicted molar refractivity (Wildman–Crippen MR) is 146 cm³/mol. The maximum Gasteiger partial charge on any atom is 0.0431 e. The molecule has 0 bridgehead atoms. The third-order valence-electron chi connectivity index (χ3n) is 7.16. The van der Waals surface area contributed by atoms with Crippen LogP contribution in [-0.4, -0.2) is 11.7 Å². The fourth-order valence-corrected chi connectivity index (χ4v) is 4.88. The highest BCUT2D eigenvalue weighted by Crippen LogP contribution is 2.16. The van der Waals surface area contributed by atoms with Crippen molar-refractivity contribution in [2.45, 2.75) is 186 Å². The van der Waals surface area contributed by atoms with Crippen molar-refractivity contribution in [2.75, 3.05) is 6.61 Å². The molecule has 32 heavy (non-hydrogen) atoms. The van der Waals surface area contributed by atoms with E-state index in [-0.39, 0.29) is 0 Å². The zero-order valence-electron chi connectivity index (χ0n) is 22.4.